The predicted octanol–water partition coefficient (Wildman–Crippen LogP) is 2.88. The highest BCUT2D eigenvalue weighted by atomic mass is 16.3. The first-order chi connectivity index (χ1) is 11.6. The first-order valence-electron chi connectivity index (χ1n) is 7.94. The first kappa shape index (κ1) is 16.2. The molecule has 3 rings (SSSR count). The molecule has 0 aliphatic heterocycles. The van der Waals surface area contributed by atoms with Crippen molar-refractivity contribution in [2.24, 2.45) is 0 Å². The number of carbonyl (C=O) groups is 1. The summed E-state index contributed by atoms with van der Waals surface area (Å²) in [6.07, 6.45) is 3.55. The summed E-state index contributed by atoms with van der Waals surface area (Å²) in [5.41, 5.74) is 3.02. The molecule has 0 spiro atoms. The number of amides is 1. The van der Waals surface area contributed by atoms with Crippen molar-refractivity contribution in [1.29, 1.82) is 0 Å². The Hall–Kier alpha value is -2.66. The lowest BCUT2D eigenvalue weighted by Crippen LogP contribution is -2.34. The molecular weight excluding hydrogens is 302 g/mol. The summed E-state index contributed by atoms with van der Waals surface area (Å²) in [4.78, 5) is 18.2. The molecule has 0 fully saturated rings. The van der Waals surface area contributed by atoms with E-state index in [0.29, 0.717) is 19.6 Å². The number of nitrogens with zero attached hydrogens (tertiary/aromatic N) is 2. The van der Waals surface area contributed by atoms with Crippen molar-refractivity contribution in [2.75, 3.05) is 13.6 Å². The standard InChI is InChI=1S/C19H21N3O2/c1-14-16-7-3-4-8-17(16)24-18(14)11-21-19(23)13-22(2)12-15-6-5-9-20-10-15/h3-10H,11-13H2,1-2H3,(H,21,23). The third-order valence-corrected chi connectivity index (χ3v) is 3.98. The molecule has 2 aromatic heterocycles. The lowest BCUT2D eigenvalue weighted by Gasteiger charge is -2.15. The van der Waals surface area contributed by atoms with E-state index in [4.69, 9.17) is 4.42 Å². The minimum absolute atomic E-state index is 0.0266. The average Bonchev–Trinajstić information content (AvgIpc) is 2.90. The highest BCUT2D eigenvalue weighted by Gasteiger charge is 2.12. The van der Waals surface area contributed by atoms with E-state index >= 15 is 0 Å². The van der Waals surface area contributed by atoms with E-state index in [2.05, 4.69) is 10.3 Å². The molecule has 0 atom stereocenters. The Balaban J connectivity index is 1.54. The van der Waals surface area contributed by atoms with E-state index in [-0.39, 0.29) is 5.91 Å². The van der Waals surface area contributed by atoms with Crippen molar-refractivity contribution in [3.63, 3.8) is 0 Å². The molecule has 3 aromatic rings. The van der Waals surface area contributed by atoms with Gasteiger partial charge in [0.05, 0.1) is 13.1 Å². The number of likely N-dealkylation sites (N-methyl/N-ethyl adjacent to an activating group) is 1. The van der Waals surface area contributed by atoms with Gasteiger partial charge in [0, 0.05) is 29.9 Å². The Bertz CT molecular complexity index is 827. The molecule has 124 valence electrons. The fraction of sp³-hybridized carbons (Fsp3) is 0.263. The van der Waals surface area contributed by atoms with Gasteiger partial charge in [0.15, 0.2) is 0 Å². The summed E-state index contributed by atoms with van der Waals surface area (Å²) in [5.74, 6) is 0.778. The van der Waals surface area contributed by atoms with E-state index < -0.39 is 0 Å². The average molecular weight is 323 g/mol. The Kier molecular flexibility index (Phi) is 4.91. The van der Waals surface area contributed by atoms with Gasteiger partial charge in [-0.15, -0.1) is 0 Å². The molecular formula is C19H21N3O2. The van der Waals surface area contributed by atoms with E-state index in [0.717, 1.165) is 27.9 Å². The number of fused-ring (bicyclic) bond motifs is 1. The van der Waals surface area contributed by atoms with Gasteiger partial charge < -0.3 is 9.73 Å². The zero-order chi connectivity index (χ0) is 16.9. The number of para-hydroxylation sites is 1. The van der Waals surface area contributed by atoms with Crippen LogP contribution in [-0.2, 0) is 17.9 Å². The van der Waals surface area contributed by atoms with Gasteiger partial charge in [-0.2, -0.15) is 0 Å². The Labute approximate surface area is 141 Å². The van der Waals surface area contributed by atoms with Gasteiger partial charge in [0.2, 0.25) is 5.91 Å². The maximum Gasteiger partial charge on any atom is 0.234 e. The normalized spacial score (nSPS) is 11.1. The highest BCUT2D eigenvalue weighted by molar-refractivity contribution is 5.82. The highest BCUT2D eigenvalue weighted by Crippen LogP contribution is 2.24. The molecule has 1 amide bonds. The number of aromatic nitrogens is 1. The van der Waals surface area contributed by atoms with Crippen molar-refractivity contribution in [3.05, 3.63) is 65.7 Å². The van der Waals surface area contributed by atoms with Crippen LogP contribution in [0.5, 0.6) is 0 Å². The van der Waals surface area contributed by atoms with Crippen LogP contribution in [0.1, 0.15) is 16.9 Å². The second-order valence-electron chi connectivity index (χ2n) is 5.96. The number of carbonyl (C=O) groups excluding carboxylic acids is 1. The van der Waals surface area contributed by atoms with Gasteiger partial charge in [-0.05, 0) is 31.7 Å². The van der Waals surface area contributed by atoms with Crippen LogP contribution in [-0.4, -0.2) is 29.4 Å². The summed E-state index contributed by atoms with van der Waals surface area (Å²) in [6.45, 7) is 3.43. The van der Waals surface area contributed by atoms with Gasteiger partial charge in [0.25, 0.3) is 0 Å². The van der Waals surface area contributed by atoms with Crippen LogP contribution < -0.4 is 5.32 Å². The number of benzene rings is 1. The van der Waals surface area contributed by atoms with Crippen LogP contribution in [0.15, 0.2) is 53.2 Å². The molecule has 0 unspecified atom stereocenters. The minimum Gasteiger partial charge on any atom is -0.459 e. The lowest BCUT2D eigenvalue weighted by atomic mass is 10.1. The number of aryl methyl sites for hydroxylation is 1. The number of nitrogens with one attached hydrogen (secondary N) is 1. The maximum atomic E-state index is 12.1. The summed E-state index contributed by atoms with van der Waals surface area (Å²) in [5, 5.41) is 4.02. The molecule has 0 aliphatic rings. The number of furan rings is 1. The number of hydrogen-bond acceptors (Lipinski definition) is 4. The second-order valence-corrected chi connectivity index (χ2v) is 5.96. The number of rotatable bonds is 6. The van der Waals surface area contributed by atoms with Crippen LogP contribution in [0, 0.1) is 6.92 Å². The van der Waals surface area contributed by atoms with Gasteiger partial charge in [-0.1, -0.05) is 24.3 Å². The summed E-state index contributed by atoms with van der Waals surface area (Å²) < 4.78 is 5.81. The Morgan fingerprint density at radius 1 is 1.25 bits per heavy atom. The van der Waals surface area contributed by atoms with Crippen LogP contribution in [0.3, 0.4) is 0 Å². The number of pyridine rings is 1. The molecule has 5 nitrogen and oxygen atoms in total. The zero-order valence-corrected chi connectivity index (χ0v) is 14.0. The predicted molar refractivity (Wildman–Crippen MR) is 93.4 cm³/mol. The van der Waals surface area contributed by atoms with E-state index in [9.17, 15) is 4.79 Å². The van der Waals surface area contributed by atoms with E-state index in [1.807, 2.05) is 61.5 Å². The smallest absolute Gasteiger partial charge is 0.234 e. The maximum absolute atomic E-state index is 12.1. The van der Waals surface area contributed by atoms with Crippen molar-refractivity contribution < 1.29 is 9.21 Å². The van der Waals surface area contributed by atoms with Gasteiger partial charge >= 0.3 is 0 Å². The Morgan fingerprint density at radius 3 is 2.83 bits per heavy atom. The fourth-order valence-electron chi connectivity index (χ4n) is 2.73. The second kappa shape index (κ2) is 7.27. The molecule has 0 radical (unpaired) electrons. The minimum atomic E-state index is -0.0266. The zero-order valence-electron chi connectivity index (χ0n) is 14.0. The molecule has 0 aliphatic carbocycles. The quantitative estimate of drug-likeness (QED) is 0.758. The molecule has 0 saturated heterocycles. The van der Waals surface area contributed by atoms with Gasteiger partial charge in [0.1, 0.15) is 11.3 Å². The molecule has 0 saturated carbocycles. The lowest BCUT2D eigenvalue weighted by molar-refractivity contribution is -0.122. The SMILES string of the molecule is Cc1c(CNC(=O)CN(C)Cc2cccnc2)oc2ccccc12. The third kappa shape index (κ3) is 3.81. The van der Waals surface area contributed by atoms with Crippen molar-refractivity contribution in [1.82, 2.24) is 15.2 Å². The first-order valence-corrected chi connectivity index (χ1v) is 7.94. The summed E-state index contributed by atoms with van der Waals surface area (Å²) in [7, 11) is 1.92. The van der Waals surface area contributed by atoms with Crippen LogP contribution >= 0.6 is 0 Å². The van der Waals surface area contributed by atoms with Crippen molar-refractivity contribution in [2.45, 2.75) is 20.0 Å². The third-order valence-electron chi connectivity index (χ3n) is 3.98. The van der Waals surface area contributed by atoms with Crippen LogP contribution in [0.25, 0.3) is 11.0 Å². The van der Waals surface area contributed by atoms with Gasteiger partial charge in [-0.25, -0.2) is 0 Å². The van der Waals surface area contributed by atoms with E-state index in [1.54, 1.807) is 6.20 Å². The van der Waals surface area contributed by atoms with Crippen LogP contribution in [0.4, 0.5) is 0 Å². The molecule has 1 aromatic carbocycles. The molecule has 24 heavy (non-hydrogen) atoms. The molecule has 5 heteroatoms. The van der Waals surface area contributed by atoms with E-state index in [1.165, 1.54) is 0 Å². The summed E-state index contributed by atoms with van der Waals surface area (Å²) >= 11 is 0. The Morgan fingerprint density at radius 2 is 2.08 bits per heavy atom. The topological polar surface area (TPSA) is 58.4 Å². The van der Waals surface area contributed by atoms with Crippen molar-refractivity contribution >= 4 is 16.9 Å². The van der Waals surface area contributed by atoms with Crippen LogP contribution in [0.2, 0.25) is 0 Å². The summed E-state index contributed by atoms with van der Waals surface area (Å²) in [6, 6.07) is 11.8. The monoisotopic (exact) mass is 323 g/mol. The largest absolute Gasteiger partial charge is 0.459 e. The number of hydrogen-bond donors (Lipinski definition) is 1. The van der Waals surface area contributed by atoms with Gasteiger partial charge in [-0.3, -0.25) is 14.7 Å². The molecule has 1 N–H and O–H groups in total. The fourth-order valence-corrected chi connectivity index (χ4v) is 2.73. The molecule has 2 heterocycles. The van der Waals surface area contributed by atoms with Crippen molar-refractivity contribution in [3.8, 4) is 0 Å². The molecule has 0 bridgehead atoms.